The van der Waals surface area contributed by atoms with Crippen molar-refractivity contribution in [3.8, 4) is 0 Å². The number of thiophene rings is 1. The Morgan fingerprint density at radius 3 is 2.85 bits per heavy atom. The predicted octanol–water partition coefficient (Wildman–Crippen LogP) is 4.38. The number of aromatic nitrogens is 2. The Morgan fingerprint density at radius 2 is 2.10 bits per heavy atom. The third-order valence-corrected chi connectivity index (χ3v) is 4.77. The monoisotopic (exact) mass is 322 g/mol. The number of nitrogens with one attached hydrogen (secondary N) is 1. The first-order valence-corrected chi connectivity index (χ1v) is 7.72. The fourth-order valence-electron chi connectivity index (χ4n) is 2.26. The SMILES string of the molecule is CC(c1ccccc1Cl)n1c(=S)[nH]c2sccc2c1=O. The van der Waals surface area contributed by atoms with Gasteiger partial charge in [-0.25, -0.2) is 0 Å². The molecule has 6 heteroatoms. The normalized spacial score (nSPS) is 12.7. The number of hydrogen-bond acceptors (Lipinski definition) is 3. The number of hydrogen-bond donors (Lipinski definition) is 1. The quantitative estimate of drug-likeness (QED) is 0.711. The molecule has 1 atom stereocenters. The topological polar surface area (TPSA) is 37.8 Å². The Balaban J connectivity index is 2.27. The molecule has 0 aliphatic heterocycles. The molecule has 0 saturated carbocycles. The van der Waals surface area contributed by atoms with Crippen molar-refractivity contribution < 1.29 is 0 Å². The first-order chi connectivity index (χ1) is 9.59. The van der Waals surface area contributed by atoms with Gasteiger partial charge in [0, 0.05) is 5.02 Å². The molecule has 0 saturated heterocycles. The van der Waals surface area contributed by atoms with Crippen LogP contribution in [0.5, 0.6) is 0 Å². The molecule has 1 unspecified atom stereocenters. The molecule has 102 valence electrons. The van der Waals surface area contributed by atoms with Crippen molar-refractivity contribution in [3.05, 3.63) is 61.4 Å². The van der Waals surface area contributed by atoms with Crippen molar-refractivity contribution in [1.82, 2.24) is 9.55 Å². The third kappa shape index (κ3) is 2.12. The van der Waals surface area contributed by atoms with E-state index in [2.05, 4.69) is 4.98 Å². The molecular weight excluding hydrogens is 312 g/mol. The fraction of sp³-hybridized carbons (Fsp3) is 0.143. The standard InChI is InChI=1S/C14H11ClN2OS2/c1-8(9-4-2-3-5-11(9)15)17-13(18)10-6-7-20-12(10)16-14(17)19/h2-8H,1H3,(H,16,19). The van der Waals surface area contributed by atoms with Gasteiger partial charge in [0.05, 0.1) is 11.4 Å². The van der Waals surface area contributed by atoms with E-state index in [0.717, 1.165) is 10.4 Å². The van der Waals surface area contributed by atoms with Crippen LogP contribution in [0, 0.1) is 4.77 Å². The highest BCUT2D eigenvalue weighted by atomic mass is 35.5. The zero-order valence-electron chi connectivity index (χ0n) is 10.6. The van der Waals surface area contributed by atoms with Crippen LogP contribution in [0.15, 0.2) is 40.5 Å². The number of nitrogens with zero attached hydrogens (tertiary/aromatic N) is 1. The van der Waals surface area contributed by atoms with Gasteiger partial charge in [0.1, 0.15) is 4.83 Å². The van der Waals surface area contributed by atoms with Crippen LogP contribution < -0.4 is 5.56 Å². The van der Waals surface area contributed by atoms with Gasteiger partial charge in [0.25, 0.3) is 5.56 Å². The minimum Gasteiger partial charge on any atom is -0.323 e. The van der Waals surface area contributed by atoms with Gasteiger partial charge in [0.15, 0.2) is 4.77 Å². The van der Waals surface area contributed by atoms with Crippen LogP contribution in [-0.2, 0) is 0 Å². The van der Waals surface area contributed by atoms with E-state index in [9.17, 15) is 4.79 Å². The van der Waals surface area contributed by atoms with E-state index >= 15 is 0 Å². The van der Waals surface area contributed by atoms with Gasteiger partial charge in [-0.2, -0.15) is 0 Å². The molecule has 0 aliphatic carbocycles. The van der Waals surface area contributed by atoms with Crippen LogP contribution in [0.4, 0.5) is 0 Å². The smallest absolute Gasteiger partial charge is 0.263 e. The number of benzene rings is 1. The second kappa shape index (κ2) is 5.16. The van der Waals surface area contributed by atoms with E-state index in [1.807, 2.05) is 42.6 Å². The lowest BCUT2D eigenvalue weighted by molar-refractivity contribution is 0.600. The molecule has 1 N–H and O–H groups in total. The van der Waals surface area contributed by atoms with E-state index in [1.165, 1.54) is 11.3 Å². The summed E-state index contributed by atoms with van der Waals surface area (Å²) >= 11 is 13.0. The van der Waals surface area contributed by atoms with Gasteiger partial charge in [-0.05, 0) is 42.2 Å². The highest BCUT2D eigenvalue weighted by molar-refractivity contribution is 7.71. The molecule has 3 rings (SSSR count). The summed E-state index contributed by atoms with van der Waals surface area (Å²) in [4.78, 5) is 16.5. The predicted molar refractivity (Wildman–Crippen MR) is 86.5 cm³/mol. The molecule has 2 aromatic heterocycles. The number of halogens is 1. The molecule has 0 aliphatic rings. The van der Waals surface area contributed by atoms with Crippen molar-refractivity contribution in [2.75, 3.05) is 0 Å². The van der Waals surface area contributed by atoms with E-state index in [0.29, 0.717) is 15.2 Å². The number of H-pyrrole nitrogens is 1. The van der Waals surface area contributed by atoms with Gasteiger partial charge in [-0.15, -0.1) is 11.3 Å². The number of rotatable bonds is 2. The highest BCUT2D eigenvalue weighted by Crippen LogP contribution is 2.25. The summed E-state index contributed by atoms with van der Waals surface area (Å²) in [5.41, 5.74) is 0.794. The largest absolute Gasteiger partial charge is 0.323 e. The van der Waals surface area contributed by atoms with Crippen LogP contribution in [-0.4, -0.2) is 9.55 Å². The van der Waals surface area contributed by atoms with Gasteiger partial charge in [0.2, 0.25) is 0 Å². The van der Waals surface area contributed by atoms with Crippen LogP contribution >= 0.6 is 35.2 Å². The summed E-state index contributed by atoms with van der Waals surface area (Å²) in [7, 11) is 0. The molecule has 0 bridgehead atoms. The van der Waals surface area contributed by atoms with Crippen LogP contribution in [0.1, 0.15) is 18.5 Å². The van der Waals surface area contributed by atoms with Crippen molar-refractivity contribution in [2.24, 2.45) is 0 Å². The summed E-state index contributed by atoms with van der Waals surface area (Å²) in [5, 5.41) is 3.16. The molecule has 0 spiro atoms. The maximum Gasteiger partial charge on any atom is 0.263 e. The van der Waals surface area contributed by atoms with Crippen molar-refractivity contribution in [3.63, 3.8) is 0 Å². The van der Waals surface area contributed by atoms with Crippen molar-refractivity contribution in [1.29, 1.82) is 0 Å². The lowest BCUT2D eigenvalue weighted by Crippen LogP contribution is -2.25. The maximum atomic E-state index is 12.6. The second-order valence-electron chi connectivity index (χ2n) is 4.47. The Kier molecular flexibility index (Phi) is 3.50. The molecule has 2 heterocycles. The summed E-state index contributed by atoms with van der Waals surface area (Å²) in [6.45, 7) is 1.92. The molecule has 3 nitrogen and oxygen atoms in total. The number of aromatic amines is 1. The minimum absolute atomic E-state index is 0.0857. The number of fused-ring (bicyclic) bond motifs is 1. The van der Waals surface area contributed by atoms with Gasteiger partial charge in [-0.1, -0.05) is 29.8 Å². The summed E-state index contributed by atoms with van der Waals surface area (Å²) in [6.07, 6.45) is 0. The summed E-state index contributed by atoms with van der Waals surface area (Å²) in [5.74, 6) is 0. The first kappa shape index (κ1) is 13.5. The molecule has 0 amide bonds. The lowest BCUT2D eigenvalue weighted by Gasteiger charge is -2.17. The Bertz CT molecular complexity index is 894. The Hall–Kier alpha value is -1.43. The van der Waals surface area contributed by atoms with Crippen LogP contribution in [0.2, 0.25) is 5.02 Å². The molecule has 0 radical (unpaired) electrons. The summed E-state index contributed by atoms with van der Waals surface area (Å²) < 4.78 is 1.99. The molecule has 1 aromatic carbocycles. The Morgan fingerprint density at radius 1 is 1.35 bits per heavy atom. The summed E-state index contributed by atoms with van der Waals surface area (Å²) in [6, 6.07) is 9.08. The maximum absolute atomic E-state index is 12.6. The lowest BCUT2D eigenvalue weighted by atomic mass is 10.1. The van der Waals surface area contributed by atoms with Gasteiger partial charge >= 0.3 is 0 Å². The average Bonchev–Trinajstić information content (AvgIpc) is 2.87. The average molecular weight is 323 g/mol. The minimum atomic E-state index is -0.218. The van der Waals surface area contributed by atoms with E-state index in [4.69, 9.17) is 23.8 Å². The van der Waals surface area contributed by atoms with Gasteiger partial charge in [-0.3, -0.25) is 9.36 Å². The van der Waals surface area contributed by atoms with Crippen molar-refractivity contribution >= 4 is 45.4 Å². The van der Waals surface area contributed by atoms with Crippen LogP contribution in [0.25, 0.3) is 10.2 Å². The fourth-order valence-corrected chi connectivity index (χ4v) is 3.74. The van der Waals surface area contributed by atoms with Gasteiger partial charge < -0.3 is 4.98 Å². The molecule has 0 fully saturated rings. The Labute approximate surface area is 129 Å². The molecular formula is C14H11ClN2OS2. The van der Waals surface area contributed by atoms with E-state index < -0.39 is 0 Å². The highest BCUT2D eigenvalue weighted by Gasteiger charge is 2.16. The molecule has 3 aromatic rings. The first-order valence-electron chi connectivity index (χ1n) is 6.06. The second-order valence-corrected chi connectivity index (χ2v) is 6.18. The van der Waals surface area contributed by atoms with Crippen LogP contribution in [0.3, 0.4) is 0 Å². The zero-order chi connectivity index (χ0) is 14.3. The third-order valence-electron chi connectivity index (χ3n) is 3.30. The zero-order valence-corrected chi connectivity index (χ0v) is 13.0. The van der Waals surface area contributed by atoms with Crippen molar-refractivity contribution in [2.45, 2.75) is 13.0 Å². The molecule has 20 heavy (non-hydrogen) atoms. The van der Waals surface area contributed by atoms with E-state index in [1.54, 1.807) is 4.57 Å². The van der Waals surface area contributed by atoms with E-state index in [-0.39, 0.29) is 11.6 Å².